The van der Waals surface area contributed by atoms with Gasteiger partial charge in [-0.15, -0.1) is 0 Å². The van der Waals surface area contributed by atoms with E-state index in [0.717, 1.165) is 11.1 Å². The maximum Gasteiger partial charge on any atom is 0.200 e. The molecular formula is C14H10F5NS. The Morgan fingerprint density at radius 1 is 0.810 bits per heavy atom. The van der Waals surface area contributed by atoms with Gasteiger partial charge in [-0.05, 0) is 24.4 Å². The van der Waals surface area contributed by atoms with E-state index in [1.165, 1.54) is 0 Å². The van der Waals surface area contributed by atoms with Crippen molar-refractivity contribution in [3.8, 4) is 0 Å². The molecule has 0 atom stereocenters. The molecule has 2 rings (SSSR count). The fourth-order valence-corrected chi connectivity index (χ4v) is 2.31. The number of benzene rings is 2. The van der Waals surface area contributed by atoms with E-state index >= 15 is 0 Å². The lowest BCUT2D eigenvalue weighted by molar-refractivity contribution is 0.360. The Kier molecular flexibility index (Phi) is 4.84. The van der Waals surface area contributed by atoms with Crippen molar-refractivity contribution in [1.29, 1.82) is 0 Å². The molecule has 112 valence electrons. The molecule has 0 aliphatic rings. The highest BCUT2D eigenvalue weighted by atomic mass is 32.2. The Hall–Kier alpha value is -1.60. The van der Waals surface area contributed by atoms with Crippen LogP contribution < -0.4 is 4.72 Å². The fraction of sp³-hybridized carbons (Fsp3) is 0.143. The number of rotatable bonds is 4. The Labute approximate surface area is 122 Å². The number of aryl methyl sites for hydroxylation is 1. The highest BCUT2D eigenvalue weighted by Crippen LogP contribution is 2.29. The van der Waals surface area contributed by atoms with E-state index in [2.05, 4.69) is 4.72 Å². The van der Waals surface area contributed by atoms with Crippen LogP contribution in [-0.4, -0.2) is 0 Å². The summed E-state index contributed by atoms with van der Waals surface area (Å²) in [6.45, 7) is 2.12. The van der Waals surface area contributed by atoms with Crippen LogP contribution >= 0.6 is 11.9 Å². The third-order valence-corrected chi connectivity index (χ3v) is 3.59. The second kappa shape index (κ2) is 6.44. The number of hydrogen-bond donors (Lipinski definition) is 1. The molecule has 0 radical (unpaired) electrons. The van der Waals surface area contributed by atoms with Crippen LogP contribution in [0, 0.1) is 36.0 Å². The van der Waals surface area contributed by atoms with Crippen LogP contribution in [0.2, 0.25) is 0 Å². The second-order valence-corrected chi connectivity index (χ2v) is 5.21. The molecule has 0 unspecified atom stereocenters. The number of nitrogens with one attached hydrogen (secondary N) is 1. The summed E-state index contributed by atoms with van der Waals surface area (Å²) in [5.74, 6) is -9.74. The second-order valence-electron chi connectivity index (χ2n) is 4.31. The average Bonchev–Trinajstić information content (AvgIpc) is 2.48. The minimum absolute atomic E-state index is 0.213. The third-order valence-electron chi connectivity index (χ3n) is 2.74. The summed E-state index contributed by atoms with van der Waals surface area (Å²) >= 11 is 0.363. The van der Waals surface area contributed by atoms with Gasteiger partial charge in [-0.3, -0.25) is 4.72 Å². The summed E-state index contributed by atoms with van der Waals surface area (Å²) in [6, 6.07) is 7.28. The van der Waals surface area contributed by atoms with Gasteiger partial charge in [-0.25, -0.2) is 22.0 Å². The van der Waals surface area contributed by atoms with E-state index in [4.69, 9.17) is 0 Å². The molecule has 2 aromatic rings. The standard InChI is InChI=1S/C14H10F5NS/c1-7-2-4-8(5-3-7)6-20-21-14-12(18)10(16)9(15)11(17)13(14)19/h2-5,20H,6H2,1H3. The molecule has 21 heavy (non-hydrogen) atoms. The van der Waals surface area contributed by atoms with E-state index in [1.54, 1.807) is 12.1 Å². The molecule has 0 aliphatic carbocycles. The quantitative estimate of drug-likeness (QED) is 0.386. The Morgan fingerprint density at radius 2 is 1.29 bits per heavy atom. The molecule has 0 saturated carbocycles. The first kappa shape index (κ1) is 15.8. The van der Waals surface area contributed by atoms with Gasteiger partial charge in [0.2, 0.25) is 5.82 Å². The lowest BCUT2D eigenvalue weighted by Gasteiger charge is -2.08. The predicted octanol–water partition coefficient (Wildman–Crippen LogP) is 4.49. The van der Waals surface area contributed by atoms with Crippen LogP contribution in [0.15, 0.2) is 29.2 Å². The van der Waals surface area contributed by atoms with Gasteiger partial charge in [0.25, 0.3) is 0 Å². The van der Waals surface area contributed by atoms with Crippen molar-refractivity contribution in [1.82, 2.24) is 4.72 Å². The Morgan fingerprint density at radius 3 is 1.81 bits per heavy atom. The minimum Gasteiger partial charge on any atom is -0.255 e. The highest BCUT2D eigenvalue weighted by molar-refractivity contribution is 7.97. The zero-order valence-electron chi connectivity index (χ0n) is 10.8. The maximum atomic E-state index is 13.4. The van der Waals surface area contributed by atoms with E-state index in [9.17, 15) is 22.0 Å². The summed E-state index contributed by atoms with van der Waals surface area (Å²) < 4.78 is 68.2. The van der Waals surface area contributed by atoms with Crippen LogP contribution in [0.5, 0.6) is 0 Å². The van der Waals surface area contributed by atoms with Crippen molar-refractivity contribution < 1.29 is 22.0 Å². The zero-order valence-corrected chi connectivity index (χ0v) is 11.6. The molecule has 0 heterocycles. The molecule has 7 heteroatoms. The van der Waals surface area contributed by atoms with Gasteiger partial charge in [-0.2, -0.15) is 0 Å². The van der Waals surface area contributed by atoms with Crippen molar-refractivity contribution in [2.45, 2.75) is 18.4 Å². The van der Waals surface area contributed by atoms with Crippen LogP contribution in [0.1, 0.15) is 11.1 Å². The Balaban J connectivity index is 2.12. The summed E-state index contributed by atoms with van der Waals surface area (Å²) in [5.41, 5.74) is 1.86. The summed E-state index contributed by atoms with van der Waals surface area (Å²) in [6.07, 6.45) is 0. The molecule has 2 aromatic carbocycles. The topological polar surface area (TPSA) is 12.0 Å². The molecule has 1 nitrogen and oxygen atoms in total. The van der Waals surface area contributed by atoms with Crippen molar-refractivity contribution in [3.63, 3.8) is 0 Å². The van der Waals surface area contributed by atoms with E-state index in [-0.39, 0.29) is 6.54 Å². The molecule has 0 fully saturated rings. The highest BCUT2D eigenvalue weighted by Gasteiger charge is 2.25. The molecule has 0 aromatic heterocycles. The van der Waals surface area contributed by atoms with Crippen LogP contribution in [-0.2, 0) is 6.54 Å². The Bertz CT molecular complexity index is 628. The monoisotopic (exact) mass is 319 g/mol. The normalized spacial score (nSPS) is 11.0. The molecule has 0 amide bonds. The first-order valence-electron chi connectivity index (χ1n) is 5.88. The predicted molar refractivity (Wildman–Crippen MR) is 70.1 cm³/mol. The number of hydrogen-bond acceptors (Lipinski definition) is 2. The van der Waals surface area contributed by atoms with Gasteiger partial charge in [0, 0.05) is 6.54 Å². The zero-order chi connectivity index (χ0) is 15.6. The fourth-order valence-electron chi connectivity index (χ4n) is 1.57. The maximum absolute atomic E-state index is 13.4. The van der Waals surface area contributed by atoms with Gasteiger partial charge < -0.3 is 0 Å². The molecule has 1 N–H and O–H groups in total. The lowest BCUT2D eigenvalue weighted by atomic mass is 10.2. The van der Waals surface area contributed by atoms with E-state index in [1.807, 2.05) is 19.1 Å². The van der Waals surface area contributed by atoms with Crippen molar-refractivity contribution >= 4 is 11.9 Å². The van der Waals surface area contributed by atoms with Crippen molar-refractivity contribution in [3.05, 3.63) is 64.5 Å². The van der Waals surface area contributed by atoms with Crippen molar-refractivity contribution in [2.75, 3.05) is 0 Å². The number of halogens is 5. The molecular weight excluding hydrogens is 309 g/mol. The first-order valence-corrected chi connectivity index (χ1v) is 6.70. The van der Waals surface area contributed by atoms with Crippen LogP contribution in [0.3, 0.4) is 0 Å². The molecule has 0 spiro atoms. The largest absolute Gasteiger partial charge is 0.255 e. The first-order chi connectivity index (χ1) is 9.91. The smallest absolute Gasteiger partial charge is 0.200 e. The molecule has 0 saturated heterocycles. The van der Waals surface area contributed by atoms with Gasteiger partial charge >= 0.3 is 0 Å². The van der Waals surface area contributed by atoms with Crippen molar-refractivity contribution in [2.24, 2.45) is 0 Å². The SMILES string of the molecule is Cc1ccc(CNSc2c(F)c(F)c(F)c(F)c2F)cc1. The summed E-state index contributed by atoms with van der Waals surface area (Å²) in [7, 11) is 0. The average molecular weight is 319 g/mol. The van der Waals surface area contributed by atoms with Gasteiger partial charge in [0.1, 0.15) is 4.90 Å². The molecule has 0 aliphatic heterocycles. The van der Waals surface area contributed by atoms with E-state index in [0.29, 0.717) is 11.9 Å². The van der Waals surface area contributed by atoms with Crippen LogP contribution in [0.25, 0.3) is 0 Å². The van der Waals surface area contributed by atoms with Crippen LogP contribution in [0.4, 0.5) is 22.0 Å². The summed E-state index contributed by atoms with van der Waals surface area (Å²) in [4.78, 5) is -0.946. The minimum atomic E-state index is -2.16. The van der Waals surface area contributed by atoms with Gasteiger partial charge in [-0.1, -0.05) is 29.8 Å². The summed E-state index contributed by atoms with van der Waals surface area (Å²) in [5, 5.41) is 0. The van der Waals surface area contributed by atoms with Gasteiger partial charge in [0.15, 0.2) is 23.3 Å². The molecule has 0 bridgehead atoms. The van der Waals surface area contributed by atoms with E-state index < -0.39 is 34.0 Å². The lowest BCUT2D eigenvalue weighted by Crippen LogP contribution is -2.08. The third kappa shape index (κ3) is 3.36. The van der Waals surface area contributed by atoms with Gasteiger partial charge in [0.05, 0.1) is 0 Å².